The molecule has 0 bridgehead atoms. The molecule has 1 aromatic heterocycles. The predicted molar refractivity (Wildman–Crippen MR) is 316 cm³/mol. The smallest absolute Gasteiger partial charge is 0.410 e. The summed E-state index contributed by atoms with van der Waals surface area (Å²) in [6.07, 6.45) is 4.15. The quantitative estimate of drug-likeness (QED) is 0.0382. The summed E-state index contributed by atoms with van der Waals surface area (Å²) in [5.74, 6) is -3.54. The van der Waals surface area contributed by atoms with Gasteiger partial charge in [0.2, 0.25) is 35.4 Å². The van der Waals surface area contributed by atoms with Crippen LogP contribution in [0.25, 0.3) is 0 Å². The number of methoxy groups -OCH3 is 2. The van der Waals surface area contributed by atoms with Crippen molar-refractivity contribution in [2.45, 2.75) is 168 Å². The van der Waals surface area contributed by atoms with E-state index in [9.17, 15) is 38.4 Å². The first-order valence-electron chi connectivity index (χ1n) is 29.0. The number of aromatic amines is 1. The number of amides is 9. The van der Waals surface area contributed by atoms with E-state index in [1.807, 2.05) is 65.0 Å². The highest BCUT2D eigenvalue weighted by Gasteiger charge is 2.44. The number of primary amides is 1. The number of benzene rings is 2. The average Bonchev–Trinajstić information content (AvgIpc) is 4.39. The fraction of sp³-hybridized carbons (Fsp3) is 0.617. The number of nitrogens with zero attached hydrogens (tertiary/aromatic N) is 4. The summed E-state index contributed by atoms with van der Waals surface area (Å²) >= 11 is 0. The number of hydrogen-bond donors (Lipinski definition) is 8. The Hall–Kier alpha value is -7.11. The maximum absolute atomic E-state index is 14.8. The van der Waals surface area contributed by atoms with E-state index in [2.05, 4.69) is 36.6 Å². The Balaban J connectivity index is 1.41. The van der Waals surface area contributed by atoms with E-state index in [0.717, 1.165) is 5.56 Å². The van der Waals surface area contributed by atoms with Crippen LogP contribution in [0, 0.1) is 29.6 Å². The van der Waals surface area contributed by atoms with Gasteiger partial charge in [-0.1, -0.05) is 111 Å². The molecule has 3 aromatic rings. The highest BCUT2D eigenvalue weighted by Crippen LogP contribution is 2.31. The van der Waals surface area contributed by atoms with Gasteiger partial charge in [-0.25, -0.2) is 14.6 Å². The molecule has 0 spiro atoms. The molecule has 83 heavy (non-hydrogen) atoms. The van der Waals surface area contributed by atoms with Crippen LogP contribution in [-0.2, 0) is 56.0 Å². The summed E-state index contributed by atoms with van der Waals surface area (Å²) in [6.45, 7) is 17.1. The lowest BCUT2D eigenvalue weighted by atomic mass is 9.89. The highest BCUT2D eigenvalue weighted by molar-refractivity contribution is 5.98. The van der Waals surface area contributed by atoms with Gasteiger partial charge in [0, 0.05) is 59.5 Å². The molecule has 0 unspecified atom stereocenters. The van der Waals surface area contributed by atoms with Crippen molar-refractivity contribution in [2.24, 2.45) is 41.1 Å². The van der Waals surface area contributed by atoms with E-state index in [1.165, 1.54) is 19.1 Å². The number of rotatable bonds is 32. The number of nitrogens with two attached hydrogens (primary N) is 2. The first kappa shape index (κ1) is 68.4. The molecule has 4 rings (SSSR count). The van der Waals surface area contributed by atoms with Gasteiger partial charge in [0.25, 0.3) is 0 Å². The molecule has 1 fully saturated rings. The van der Waals surface area contributed by atoms with Crippen LogP contribution < -0.4 is 38.1 Å². The maximum Gasteiger partial charge on any atom is 0.410 e. The molecule has 2 heterocycles. The average molecular weight is 1160 g/mol. The fourth-order valence-corrected chi connectivity index (χ4v) is 10.7. The lowest BCUT2D eigenvalue weighted by Crippen LogP contribution is -2.60. The van der Waals surface area contributed by atoms with E-state index in [0.29, 0.717) is 55.7 Å². The van der Waals surface area contributed by atoms with Crippen LogP contribution in [0.4, 0.5) is 15.3 Å². The number of H-pyrrole nitrogens is 1. The summed E-state index contributed by atoms with van der Waals surface area (Å²) < 4.78 is 17.8. The summed E-state index contributed by atoms with van der Waals surface area (Å²) in [4.78, 5) is 121. The van der Waals surface area contributed by atoms with Crippen LogP contribution in [0.3, 0.4) is 0 Å². The molecule has 23 heteroatoms. The lowest BCUT2D eigenvalue weighted by Gasteiger charge is -2.41. The van der Waals surface area contributed by atoms with Gasteiger partial charge in [0.15, 0.2) is 0 Å². The Bertz CT molecular complexity index is 2550. The van der Waals surface area contributed by atoms with E-state index in [-0.39, 0.29) is 49.6 Å². The number of likely N-dealkylation sites (N-methyl/N-ethyl adjacent to an activating group) is 2. The molecule has 0 radical (unpaired) electrons. The van der Waals surface area contributed by atoms with Gasteiger partial charge in [-0.2, -0.15) is 0 Å². The molecule has 0 aliphatic carbocycles. The second-order valence-corrected chi connectivity index (χ2v) is 22.8. The van der Waals surface area contributed by atoms with E-state index < -0.39 is 108 Å². The monoisotopic (exact) mass is 1160 g/mol. The summed E-state index contributed by atoms with van der Waals surface area (Å²) in [5.41, 5.74) is 13.2. The zero-order valence-corrected chi connectivity index (χ0v) is 50.9. The Morgan fingerprint density at radius 2 is 1.47 bits per heavy atom. The molecule has 0 saturated carbocycles. The molecule has 23 nitrogen and oxygen atoms in total. The number of anilines is 1. The Morgan fingerprint density at radius 1 is 0.795 bits per heavy atom. The molecule has 9 amide bonds. The third kappa shape index (κ3) is 19.8. The van der Waals surface area contributed by atoms with Gasteiger partial charge >= 0.3 is 12.1 Å². The molecular weight excluding hydrogens is 1060 g/mol. The van der Waals surface area contributed by atoms with Crippen LogP contribution in [0.1, 0.15) is 124 Å². The topological polar surface area (TPSA) is 315 Å². The van der Waals surface area contributed by atoms with Crippen molar-refractivity contribution in [1.29, 1.82) is 0 Å². The van der Waals surface area contributed by atoms with Crippen molar-refractivity contribution in [1.82, 2.24) is 45.9 Å². The zero-order chi connectivity index (χ0) is 61.7. The summed E-state index contributed by atoms with van der Waals surface area (Å²) in [6, 6.07) is 10.3. The second-order valence-electron chi connectivity index (χ2n) is 22.8. The Kier molecular flexibility index (Phi) is 27.4. The van der Waals surface area contributed by atoms with Crippen molar-refractivity contribution >= 4 is 53.3 Å². The van der Waals surface area contributed by atoms with Gasteiger partial charge in [-0.3, -0.25) is 33.7 Å². The SMILES string of the molecule is CC[C@H](C)[C@@H]([C@@H](CC(=O)N1CCC[C@H]1[C@H](OC)[C@@H](C)C(=O)N[C@@H](Cc1ccccc1)c1ncc[nH]1)OC)N(C)C(=O)[C@@H](NC(=O)[C@H](C(C)C)N(C)C(=O)OCc1ccc(NC(=O)[C@H](CCCNC(N)=O)NC(=O)[C@@H](N)C(C)C)cc1)C(C)C. The highest BCUT2D eigenvalue weighted by atomic mass is 16.6. The molecule has 460 valence electrons. The molecule has 11 atom stereocenters. The van der Waals surface area contributed by atoms with Crippen molar-refractivity contribution in [3.8, 4) is 0 Å². The van der Waals surface area contributed by atoms with E-state index >= 15 is 0 Å². The minimum atomic E-state index is -1.05. The number of ether oxygens (including phenoxy) is 3. The number of likely N-dealkylation sites (tertiary alicyclic amines) is 1. The third-order valence-corrected chi connectivity index (χ3v) is 15.7. The first-order valence-corrected chi connectivity index (χ1v) is 29.0. The minimum Gasteiger partial charge on any atom is -0.445 e. The number of nitrogens with one attached hydrogen (secondary N) is 6. The second kappa shape index (κ2) is 33.3. The van der Waals surface area contributed by atoms with Crippen LogP contribution in [0.15, 0.2) is 67.0 Å². The van der Waals surface area contributed by atoms with E-state index in [1.54, 1.807) is 88.3 Å². The van der Waals surface area contributed by atoms with Crippen molar-refractivity contribution < 1.29 is 52.6 Å². The number of urea groups is 1. The normalized spacial score (nSPS) is 17.0. The third-order valence-electron chi connectivity index (χ3n) is 15.7. The molecule has 1 aliphatic rings. The zero-order valence-electron chi connectivity index (χ0n) is 50.9. The summed E-state index contributed by atoms with van der Waals surface area (Å²) in [5, 5.41) is 14.1. The molecule has 1 saturated heterocycles. The van der Waals surface area contributed by atoms with E-state index in [4.69, 9.17) is 25.7 Å². The summed E-state index contributed by atoms with van der Waals surface area (Å²) in [7, 11) is 6.19. The van der Waals surface area contributed by atoms with Gasteiger partial charge in [0.1, 0.15) is 30.6 Å². The van der Waals surface area contributed by atoms with Gasteiger partial charge in [0.05, 0.1) is 48.7 Å². The fourth-order valence-electron chi connectivity index (χ4n) is 10.7. The van der Waals surface area contributed by atoms with Gasteiger partial charge in [-0.05, 0) is 79.0 Å². The van der Waals surface area contributed by atoms with Crippen molar-refractivity contribution in [2.75, 3.05) is 46.7 Å². The van der Waals surface area contributed by atoms with Crippen molar-refractivity contribution in [3.05, 3.63) is 83.9 Å². The maximum atomic E-state index is 14.8. The number of aromatic nitrogens is 2. The Labute approximate surface area is 490 Å². The molecule has 1 aliphatic heterocycles. The number of carbonyl (C=O) groups is 8. The van der Waals surface area contributed by atoms with Gasteiger partial charge < -0.3 is 67.0 Å². The number of hydrogen-bond acceptors (Lipinski definition) is 13. The molecule has 10 N–H and O–H groups in total. The van der Waals surface area contributed by atoms with Gasteiger partial charge in [-0.15, -0.1) is 0 Å². The van der Waals surface area contributed by atoms with Crippen LogP contribution >= 0.6 is 0 Å². The Morgan fingerprint density at radius 3 is 2.04 bits per heavy atom. The van der Waals surface area contributed by atoms with Crippen LogP contribution in [0.5, 0.6) is 0 Å². The van der Waals surface area contributed by atoms with Crippen molar-refractivity contribution in [3.63, 3.8) is 0 Å². The molecule has 2 aromatic carbocycles. The number of imidazole rings is 1. The predicted octanol–water partition coefficient (Wildman–Crippen LogP) is 5.02. The van der Waals surface area contributed by atoms with Crippen LogP contribution in [0.2, 0.25) is 0 Å². The lowest BCUT2D eigenvalue weighted by molar-refractivity contribution is -0.148. The van der Waals surface area contributed by atoms with Crippen LogP contribution in [-0.4, -0.2) is 162 Å². The first-order chi connectivity index (χ1) is 39.3. The molecular formula is C60H94N12O11. The number of carbonyl (C=O) groups excluding carboxylic acids is 8. The largest absolute Gasteiger partial charge is 0.445 e. The minimum absolute atomic E-state index is 0.0635. The standard InChI is InChI=1S/C60H94N12O11/c1-14-38(8)51(46(81-12)33-47(73)72-31-19-23-45(72)52(82-13)39(9)54(74)68-44(53-63-29-30-64-53)32-40-20-16-15-17-21-40)70(10)58(78)49(36(4)5)69-57(77)50(37(6)7)71(11)60(80)83-34-41-24-26-42(27-25-41)66-55(75)43(22-18-28-65-59(62)79)67-56(76)48(61)35(2)3/h15-17,20-21,24-27,29-30,35-39,43-46,48-52H,14,18-19,22-23,28,31-34,61H2,1-13H3,(H,63,64)(H,66,75)(H,67,76)(H,68,74)(H,69,77)(H3,62,65,79)/t38-,39+,43-,44-,45-,46+,48-,49-,50-,51-,52+/m0/s1.